The van der Waals surface area contributed by atoms with Crippen molar-refractivity contribution >= 4 is 22.8 Å². The van der Waals surface area contributed by atoms with E-state index in [9.17, 15) is 18.0 Å². The molecular weight excluding hydrogens is 363 g/mol. The van der Waals surface area contributed by atoms with Gasteiger partial charge >= 0.3 is 6.18 Å². The fraction of sp³-hybridized carbons (Fsp3) is 0.0556. The molecule has 8 heteroatoms. The van der Waals surface area contributed by atoms with Crippen molar-refractivity contribution in [3.8, 4) is 11.3 Å². The van der Waals surface area contributed by atoms with E-state index in [4.69, 9.17) is 0 Å². The molecule has 0 aliphatic heterocycles. The Morgan fingerprint density at radius 1 is 1.15 bits per heavy atom. The number of benzene rings is 1. The summed E-state index contributed by atoms with van der Waals surface area (Å²) in [5.41, 5.74) is 1.14. The maximum atomic E-state index is 13.0. The van der Waals surface area contributed by atoms with Gasteiger partial charge in [-0.05, 0) is 29.6 Å². The molecule has 0 unspecified atom stereocenters. The Morgan fingerprint density at radius 2 is 2.00 bits per heavy atom. The lowest BCUT2D eigenvalue weighted by atomic mass is 10.1. The molecule has 0 atom stereocenters. The van der Waals surface area contributed by atoms with Crippen LogP contribution in [0.3, 0.4) is 0 Å². The lowest BCUT2D eigenvalue weighted by molar-refractivity contribution is -0.137. The van der Waals surface area contributed by atoms with Crippen molar-refractivity contribution in [2.75, 3.05) is 0 Å². The van der Waals surface area contributed by atoms with Gasteiger partial charge in [0.1, 0.15) is 0 Å². The highest BCUT2D eigenvalue weighted by Gasteiger charge is 2.30. The van der Waals surface area contributed by atoms with Crippen molar-refractivity contribution < 1.29 is 18.0 Å². The average Bonchev–Trinajstić information content (AvgIpc) is 3.30. The third kappa shape index (κ3) is 2.78. The van der Waals surface area contributed by atoms with Gasteiger partial charge in [-0.25, -0.2) is 9.50 Å². The second-order valence-corrected chi connectivity index (χ2v) is 6.32. The minimum atomic E-state index is -4.44. The van der Waals surface area contributed by atoms with E-state index in [1.165, 1.54) is 34.3 Å². The van der Waals surface area contributed by atoms with Crippen molar-refractivity contribution in [1.82, 2.24) is 14.6 Å². The van der Waals surface area contributed by atoms with Gasteiger partial charge in [-0.2, -0.15) is 29.6 Å². The second-order valence-electron chi connectivity index (χ2n) is 5.54. The number of nitrogens with zero attached hydrogens (tertiary/aromatic N) is 3. The summed E-state index contributed by atoms with van der Waals surface area (Å²) in [5, 5.41) is 7.69. The summed E-state index contributed by atoms with van der Waals surface area (Å²) in [4.78, 5) is 16.8. The Hall–Kier alpha value is -3.00. The van der Waals surface area contributed by atoms with Gasteiger partial charge in [0.25, 0.3) is 0 Å². The summed E-state index contributed by atoms with van der Waals surface area (Å²) in [5.74, 6) is -0.227. The maximum absolute atomic E-state index is 13.0. The molecule has 3 aromatic heterocycles. The highest BCUT2D eigenvalue weighted by atomic mass is 32.1. The highest BCUT2D eigenvalue weighted by Crippen LogP contribution is 2.32. The molecule has 4 aromatic rings. The molecule has 3 heterocycles. The van der Waals surface area contributed by atoms with Crippen molar-refractivity contribution in [3.63, 3.8) is 0 Å². The Morgan fingerprint density at radius 3 is 2.73 bits per heavy atom. The largest absolute Gasteiger partial charge is 0.416 e. The van der Waals surface area contributed by atoms with Crippen LogP contribution in [-0.2, 0) is 6.18 Å². The molecule has 0 spiro atoms. The molecule has 26 heavy (non-hydrogen) atoms. The number of aromatic nitrogens is 3. The van der Waals surface area contributed by atoms with Crippen molar-refractivity contribution in [2.24, 2.45) is 0 Å². The third-order valence-corrected chi connectivity index (χ3v) is 4.60. The van der Waals surface area contributed by atoms with Crippen molar-refractivity contribution in [2.45, 2.75) is 6.18 Å². The first kappa shape index (κ1) is 16.5. The SMILES string of the molecule is O=C(c1ccsc1)c1cnn2c(-c3cccc(C(F)(F)F)c3)ccnc12. The van der Waals surface area contributed by atoms with Gasteiger partial charge < -0.3 is 0 Å². The first-order chi connectivity index (χ1) is 12.4. The lowest BCUT2D eigenvalue weighted by Gasteiger charge is -2.09. The number of hydrogen-bond donors (Lipinski definition) is 0. The first-order valence-electron chi connectivity index (χ1n) is 7.52. The summed E-state index contributed by atoms with van der Waals surface area (Å²) >= 11 is 1.40. The minimum Gasteiger partial charge on any atom is -0.288 e. The Balaban J connectivity index is 1.85. The minimum absolute atomic E-state index is 0.227. The molecule has 1 aromatic carbocycles. The van der Waals surface area contributed by atoms with Gasteiger partial charge in [-0.3, -0.25) is 4.79 Å². The fourth-order valence-corrected chi connectivity index (χ4v) is 3.31. The van der Waals surface area contributed by atoms with Gasteiger partial charge in [0.05, 0.1) is 23.0 Å². The lowest BCUT2D eigenvalue weighted by Crippen LogP contribution is -2.05. The Kier molecular flexibility index (Phi) is 3.84. The summed E-state index contributed by atoms with van der Waals surface area (Å²) in [6.45, 7) is 0. The van der Waals surface area contributed by atoms with Crippen LogP contribution < -0.4 is 0 Å². The van der Waals surface area contributed by atoms with E-state index in [1.807, 2.05) is 0 Å². The molecule has 130 valence electrons. The van der Waals surface area contributed by atoms with E-state index in [0.717, 1.165) is 12.1 Å². The number of ketones is 1. The molecule has 0 amide bonds. The van der Waals surface area contributed by atoms with E-state index >= 15 is 0 Å². The van der Waals surface area contributed by atoms with Crippen LogP contribution in [-0.4, -0.2) is 20.4 Å². The Labute approximate surface area is 149 Å². The number of fused-ring (bicyclic) bond motifs is 1. The van der Waals surface area contributed by atoms with Gasteiger partial charge in [-0.1, -0.05) is 12.1 Å². The summed E-state index contributed by atoms with van der Waals surface area (Å²) < 4.78 is 40.3. The van der Waals surface area contributed by atoms with Crippen LogP contribution in [0.5, 0.6) is 0 Å². The first-order valence-corrected chi connectivity index (χ1v) is 8.47. The van der Waals surface area contributed by atoms with E-state index in [-0.39, 0.29) is 5.78 Å². The van der Waals surface area contributed by atoms with Crippen LogP contribution in [0.15, 0.2) is 59.6 Å². The van der Waals surface area contributed by atoms with E-state index in [1.54, 1.807) is 29.0 Å². The van der Waals surface area contributed by atoms with Crippen LogP contribution in [0.1, 0.15) is 21.5 Å². The number of hydrogen-bond acceptors (Lipinski definition) is 4. The molecular formula is C18H10F3N3OS. The number of thiophene rings is 1. The molecule has 0 aliphatic rings. The summed E-state index contributed by atoms with van der Waals surface area (Å²) in [6.07, 6.45) is -1.59. The van der Waals surface area contributed by atoms with Crippen molar-refractivity contribution in [3.05, 3.63) is 76.2 Å². The number of rotatable bonds is 3. The predicted octanol–water partition coefficient (Wildman–Crippen LogP) is 4.71. The number of halogens is 3. The van der Waals surface area contributed by atoms with Gasteiger partial charge in [0.15, 0.2) is 11.4 Å². The predicted molar refractivity (Wildman–Crippen MR) is 91.2 cm³/mol. The van der Waals surface area contributed by atoms with E-state index < -0.39 is 11.7 Å². The maximum Gasteiger partial charge on any atom is 0.416 e. The number of alkyl halides is 3. The Bertz CT molecular complexity index is 1100. The summed E-state index contributed by atoms with van der Waals surface area (Å²) in [7, 11) is 0. The second kappa shape index (κ2) is 6.06. The molecule has 0 bridgehead atoms. The fourth-order valence-electron chi connectivity index (χ4n) is 2.67. The molecule has 0 saturated heterocycles. The monoisotopic (exact) mass is 373 g/mol. The van der Waals surface area contributed by atoms with Crippen LogP contribution >= 0.6 is 11.3 Å². The molecule has 4 nitrogen and oxygen atoms in total. The van der Waals surface area contributed by atoms with E-state index in [0.29, 0.717) is 28.0 Å². The molecule has 0 radical (unpaired) electrons. The molecule has 0 N–H and O–H groups in total. The van der Waals surface area contributed by atoms with Crippen LogP contribution in [0.25, 0.3) is 16.9 Å². The highest BCUT2D eigenvalue weighted by molar-refractivity contribution is 7.08. The van der Waals surface area contributed by atoms with Gasteiger partial charge in [-0.15, -0.1) is 0 Å². The normalized spacial score (nSPS) is 11.8. The number of carbonyl (C=O) groups is 1. The van der Waals surface area contributed by atoms with Crippen LogP contribution in [0, 0.1) is 0 Å². The molecule has 0 aliphatic carbocycles. The van der Waals surface area contributed by atoms with Crippen LogP contribution in [0.4, 0.5) is 13.2 Å². The quantitative estimate of drug-likeness (QED) is 0.489. The molecule has 0 saturated carbocycles. The third-order valence-electron chi connectivity index (χ3n) is 3.91. The van der Waals surface area contributed by atoms with Crippen molar-refractivity contribution in [1.29, 1.82) is 0 Å². The van der Waals surface area contributed by atoms with Crippen LogP contribution in [0.2, 0.25) is 0 Å². The standard InChI is InChI=1S/C18H10F3N3OS/c19-18(20,21)13-3-1-2-11(8-13)15-4-6-22-17-14(9-23-24(15)17)16(25)12-5-7-26-10-12/h1-10H. The van der Waals surface area contributed by atoms with E-state index in [2.05, 4.69) is 10.1 Å². The average molecular weight is 373 g/mol. The zero-order valence-electron chi connectivity index (χ0n) is 13.1. The smallest absolute Gasteiger partial charge is 0.288 e. The molecule has 4 rings (SSSR count). The topological polar surface area (TPSA) is 47.3 Å². The zero-order valence-corrected chi connectivity index (χ0v) is 13.9. The van der Waals surface area contributed by atoms with Gasteiger partial charge in [0.2, 0.25) is 0 Å². The number of carbonyl (C=O) groups excluding carboxylic acids is 1. The summed E-state index contributed by atoms with van der Waals surface area (Å²) in [6, 6.07) is 8.23. The molecule has 0 fully saturated rings. The van der Waals surface area contributed by atoms with Gasteiger partial charge in [0, 0.05) is 22.7 Å². The zero-order chi connectivity index (χ0) is 18.3.